The summed E-state index contributed by atoms with van der Waals surface area (Å²) in [6.45, 7) is 5.32. The molecular formula is C16H21ClN2O2. The number of rotatable bonds is 2. The van der Waals surface area contributed by atoms with Gasteiger partial charge in [-0.05, 0) is 37.4 Å². The van der Waals surface area contributed by atoms with Crippen LogP contribution in [0.4, 0.5) is 0 Å². The first-order valence-electron chi connectivity index (χ1n) is 7.77. The van der Waals surface area contributed by atoms with Gasteiger partial charge in [-0.2, -0.15) is 0 Å². The second-order valence-corrected chi connectivity index (χ2v) is 6.76. The predicted octanol–water partition coefficient (Wildman–Crippen LogP) is 2.39. The van der Waals surface area contributed by atoms with E-state index in [4.69, 9.17) is 21.1 Å². The van der Waals surface area contributed by atoms with Crippen LogP contribution >= 0.6 is 11.6 Å². The van der Waals surface area contributed by atoms with Crippen LogP contribution in [-0.2, 0) is 17.9 Å². The number of benzene rings is 1. The smallest absolute Gasteiger partial charge is 0.189 e. The van der Waals surface area contributed by atoms with Crippen molar-refractivity contribution >= 4 is 11.6 Å². The van der Waals surface area contributed by atoms with Gasteiger partial charge in [0.05, 0.1) is 6.61 Å². The largest absolute Gasteiger partial charge is 0.467 e. The van der Waals surface area contributed by atoms with Crippen molar-refractivity contribution in [2.75, 3.05) is 26.4 Å². The Balaban J connectivity index is 1.53. The lowest BCUT2D eigenvalue weighted by Gasteiger charge is -2.24. The summed E-state index contributed by atoms with van der Waals surface area (Å²) in [5, 5.41) is 4.42. The van der Waals surface area contributed by atoms with Crippen molar-refractivity contribution in [3.8, 4) is 5.75 Å². The quantitative estimate of drug-likeness (QED) is 0.909. The summed E-state index contributed by atoms with van der Waals surface area (Å²) >= 11 is 6.25. The summed E-state index contributed by atoms with van der Waals surface area (Å²) in [7, 11) is 0. The lowest BCUT2D eigenvalue weighted by Crippen LogP contribution is -2.40. The molecule has 3 heterocycles. The van der Waals surface area contributed by atoms with E-state index < -0.39 is 0 Å². The molecule has 2 saturated heterocycles. The average Bonchev–Trinajstić information content (AvgIpc) is 2.89. The van der Waals surface area contributed by atoms with Crippen LogP contribution in [0.25, 0.3) is 0 Å². The fourth-order valence-corrected chi connectivity index (χ4v) is 4.14. The highest BCUT2D eigenvalue weighted by Crippen LogP contribution is 2.34. The summed E-state index contributed by atoms with van der Waals surface area (Å²) in [6, 6.07) is 4.66. The Kier molecular flexibility index (Phi) is 3.79. The molecular weight excluding hydrogens is 288 g/mol. The topological polar surface area (TPSA) is 33.7 Å². The first kappa shape index (κ1) is 13.8. The molecule has 0 aromatic heterocycles. The molecule has 4 nitrogen and oxygen atoms in total. The summed E-state index contributed by atoms with van der Waals surface area (Å²) < 4.78 is 11.1. The molecule has 0 spiro atoms. The molecule has 1 aromatic carbocycles. The molecule has 0 bridgehead atoms. The van der Waals surface area contributed by atoms with Gasteiger partial charge in [0.2, 0.25) is 0 Å². The summed E-state index contributed by atoms with van der Waals surface area (Å²) in [5.41, 5.74) is 2.26. The standard InChI is InChI=1S/C16H21ClN2O2/c17-14-4-12(16-13(5-14)9-20-10-21-16)7-19-6-11-2-1-3-18-15(11)8-19/h4-5,11,15,18H,1-3,6-10H2/t11-,15+/m0/s1. The monoisotopic (exact) mass is 308 g/mol. The Bertz CT molecular complexity index is 523. The van der Waals surface area contributed by atoms with Gasteiger partial charge >= 0.3 is 0 Å². The van der Waals surface area contributed by atoms with Gasteiger partial charge in [0, 0.05) is 41.8 Å². The van der Waals surface area contributed by atoms with Gasteiger partial charge in [-0.3, -0.25) is 4.90 Å². The van der Waals surface area contributed by atoms with E-state index in [1.165, 1.54) is 31.5 Å². The molecule has 1 N–H and O–H groups in total. The number of hydrogen-bond acceptors (Lipinski definition) is 4. The van der Waals surface area contributed by atoms with Crippen LogP contribution in [0.15, 0.2) is 12.1 Å². The number of nitrogens with zero attached hydrogens (tertiary/aromatic N) is 1. The number of halogens is 1. The van der Waals surface area contributed by atoms with E-state index >= 15 is 0 Å². The summed E-state index contributed by atoms with van der Waals surface area (Å²) in [5.74, 6) is 1.78. The molecule has 4 rings (SSSR count). The zero-order chi connectivity index (χ0) is 14.2. The maximum Gasteiger partial charge on any atom is 0.189 e. The van der Waals surface area contributed by atoms with E-state index in [1.54, 1.807) is 0 Å². The lowest BCUT2D eigenvalue weighted by atomic mass is 9.94. The van der Waals surface area contributed by atoms with Crippen molar-refractivity contribution in [2.45, 2.75) is 32.0 Å². The van der Waals surface area contributed by atoms with Crippen molar-refractivity contribution < 1.29 is 9.47 Å². The number of hydrogen-bond donors (Lipinski definition) is 1. The van der Waals surface area contributed by atoms with Gasteiger partial charge < -0.3 is 14.8 Å². The van der Waals surface area contributed by atoms with Crippen LogP contribution in [0, 0.1) is 5.92 Å². The van der Waals surface area contributed by atoms with Gasteiger partial charge in [-0.15, -0.1) is 0 Å². The maximum atomic E-state index is 6.25. The molecule has 0 unspecified atom stereocenters. The third-order valence-corrected chi connectivity index (χ3v) is 5.04. The van der Waals surface area contributed by atoms with Crippen LogP contribution in [0.1, 0.15) is 24.0 Å². The molecule has 114 valence electrons. The molecule has 0 radical (unpaired) electrons. The van der Waals surface area contributed by atoms with Gasteiger partial charge in [0.15, 0.2) is 6.79 Å². The van der Waals surface area contributed by atoms with Gasteiger partial charge in [-0.1, -0.05) is 11.6 Å². The van der Waals surface area contributed by atoms with Crippen molar-refractivity contribution in [1.29, 1.82) is 0 Å². The molecule has 0 amide bonds. The molecule has 1 aromatic rings. The number of likely N-dealkylation sites (tertiary alicyclic amines) is 1. The van der Waals surface area contributed by atoms with E-state index in [0.717, 1.165) is 35.3 Å². The van der Waals surface area contributed by atoms with Crippen molar-refractivity contribution in [3.05, 3.63) is 28.3 Å². The van der Waals surface area contributed by atoms with Crippen molar-refractivity contribution in [1.82, 2.24) is 10.2 Å². The molecule has 0 aliphatic carbocycles. The van der Waals surface area contributed by atoms with Crippen molar-refractivity contribution in [3.63, 3.8) is 0 Å². The third-order valence-electron chi connectivity index (χ3n) is 4.82. The third kappa shape index (κ3) is 2.78. The minimum Gasteiger partial charge on any atom is -0.467 e. The molecule has 2 atom stereocenters. The van der Waals surface area contributed by atoms with Crippen LogP contribution in [0.3, 0.4) is 0 Å². The second-order valence-electron chi connectivity index (χ2n) is 6.32. The minimum absolute atomic E-state index is 0.342. The molecule has 5 heteroatoms. The van der Waals surface area contributed by atoms with E-state index in [9.17, 15) is 0 Å². The lowest BCUT2D eigenvalue weighted by molar-refractivity contribution is -0.0174. The van der Waals surface area contributed by atoms with E-state index in [-0.39, 0.29) is 0 Å². The minimum atomic E-state index is 0.342. The Morgan fingerprint density at radius 3 is 3.19 bits per heavy atom. The maximum absolute atomic E-state index is 6.25. The fourth-order valence-electron chi connectivity index (χ4n) is 3.88. The highest BCUT2D eigenvalue weighted by Gasteiger charge is 2.34. The van der Waals surface area contributed by atoms with E-state index in [1.807, 2.05) is 12.1 Å². The SMILES string of the molecule is Clc1cc2c(c(CN3C[C@@H]4CCCN[C@@H]4C3)c1)OCOC2. The molecule has 3 aliphatic heterocycles. The van der Waals surface area contributed by atoms with Crippen LogP contribution in [0.2, 0.25) is 5.02 Å². The van der Waals surface area contributed by atoms with E-state index in [2.05, 4.69) is 10.2 Å². The van der Waals surface area contributed by atoms with Crippen LogP contribution in [0.5, 0.6) is 5.75 Å². The number of nitrogens with one attached hydrogen (secondary N) is 1. The van der Waals surface area contributed by atoms with Crippen molar-refractivity contribution in [2.24, 2.45) is 5.92 Å². The summed E-state index contributed by atoms with van der Waals surface area (Å²) in [6.07, 6.45) is 2.66. The zero-order valence-electron chi connectivity index (χ0n) is 12.1. The second kappa shape index (κ2) is 5.76. The fraction of sp³-hybridized carbons (Fsp3) is 0.625. The van der Waals surface area contributed by atoms with Crippen LogP contribution < -0.4 is 10.1 Å². The van der Waals surface area contributed by atoms with Gasteiger partial charge in [0.25, 0.3) is 0 Å². The number of ether oxygens (including phenoxy) is 2. The molecule has 2 fully saturated rings. The molecule has 0 saturated carbocycles. The number of fused-ring (bicyclic) bond motifs is 2. The zero-order valence-corrected chi connectivity index (χ0v) is 12.9. The Morgan fingerprint density at radius 2 is 2.29 bits per heavy atom. The molecule has 21 heavy (non-hydrogen) atoms. The highest BCUT2D eigenvalue weighted by atomic mass is 35.5. The van der Waals surface area contributed by atoms with Gasteiger partial charge in [0.1, 0.15) is 5.75 Å². The molecule has 3 aliphatic rings. The normalized spacial score (nSPS) is 28.8. The van der Waals surface area contributed by atoms with Crippen LogP contribution in [-0.4, -0.2) is 37.4 Å². The van der Waals surface area contributed by atoms with Gasteiger partial charge in [-0.25, -0.2) is 0 Å². The number of piperidine rings is 1. The predicted molar refractivity (Wildman–Crippen MR) is 81.5 cm³/mol. The Hall–Kier alpha value is -0.810. The van der Waals surface area contributed by atoms with E-state index in [0.29, 0.717) is 19.4 Å². The first-order chi connectivity index (χ1) is 10.3. The highest BCUT2D eigenvalue weighted by molar-refractivity contribution is 6.30. The summed E-state index contributed by atoms with van der Waals surface area (Å²) in [4.78, 5) is 2.53. The Morgan fingerprint density at radius 1 is 1.33 bits per heavy atom. The average molecular weight is 309 g/mol. The first-order valence-corrected chi connectivity index (χ1v) is 8.15. The Labute approximate surface area is 130 Å².